The third-order valence-corrected chi connectivity index (χ3v) is 4.70. The molecular formula is C20H25NO2. The minimum atomic E-state index is 0.164. The minimum Gasteiger partial charge on any atom is -0.504 e. The van der Waals surface area contributed by atoms with Crippen LogP contribution >= 0.6 is 0 Å². The summed E-state index contributed by atoms with van der Waals surface area (Å²) in [5.74, 6) is 1.41. The van der Waals surface area contributed by atoms with Crippen molar-refractivity contribution in [1.82, 2.24) is 4.90 Å². The Kier molecular flexibility index (Phi) is 5.19. The van der Waals surface area contributed by atoms with Gasteiger partial charge in [0.2, 0.25) is 0 Å². The average Bonchev–Trinajstić information content (AvgIpc) is 2.57. The highest BCUT2D eigenvalue weighted by Gasteiger charge is 2.18. The van der Waals surface area contributed by atoms with E-state index < -0.39 is 0 Å². The third-order valence-electron chi connectivity index (χ3n) is 4.70. The van der Waals surface area contributed by atoms with E-state index in [0.717, 1.165) is 18.2 Å². The highest BCUT2D eigenvalue weighted by Crippen LogP contribution is 2.30. The van der Waals surface area contributed by atoms with Crippen molar-refractivity contribution >= 4 is 0 Å². The standard InChI is InChI=1S/C20H25NO2/c1-21-15-5-4-6-17(21)12-9-16-10-13-18(14-11-16)23-20-8-3-2-7-19(20)22/h2-3,7-8,10-11,13-14,17,22H,4-6,9,12,15H2,1H3. The highest BCUT2D eigenvalue weighted by molar-refractivity contribution is 5.41. The molecule has 0 radical (unpaired) electrons. The molecule has 0 aromatic heterocycles. The molecule has 2 aromatic carbocycles. The van der Waals surface area contributed by atoms with E-state index in [9.17, 15) is 5.11 Å². The van der Waals surface area contributed by atoms with E-state index in [4.69, 9.17) is 4.74 Å². The quantitative estimate of drug-likeness (QED) is 0.876. The van der Waals surface area contributed by atoms with Crippen molar-refractivity contribution in [2.24, 2.45) is 0 Å². The Morgan fingerprint density at radius 3 is 2.61 bits per heavy atom. The van der Waals surface area contributed by atoms with Gasteiger partial charge in [0, 0.05) is 6.04 Å². The zero-order valence-corrected chi connectivity index (χ0v) is 13.7. The molecule has 0 amide bonds. The third kappa shape index (κ3) is 4.26. The first-order valence-electron chi connectivity index (χ1n) is 8.47. The number of hydrogen-bond acceptors (Lipinski definition) is 3. The molecule has 122 valence electrons. The fourth-order valence-corrected chi connectivity index (χ4v) is 3.24. The van der Waals surface area contributed by atoms with E-state index in [0.29, 0.717) is 5.75 Å². The fraction of sp³-hybridized carbons (Fsp3) is 0.400. The normalized spacial score (nSPS) is 18.7. The second kappa shape index (κ2) is 7.51. The number of phenolic OH excluding ortho intramolecular Hbond substituents is 1. The number of aryl methyl sites for hydroxylation is 1. The van der Waals surface area contributed by atoms with Gasteiger partial charge >= 0.3 is 0 Å². The molecule has 3 nitrogen and oxygen atoms in total. The SMILES string of the molecule is CN1CCCCC1CCc1ccc(Oc2ccccc2O)cc1. The summed E-state index contributed by atoms with van der Waals surface area (Å²) in [6, 6.07) is 16.0. The Hall–Kier alpha value is -2.00. The van der Waals surface area contributed by atoms with E-state index in [1.54, 1.807) is 18.2 Å². The van der Waals surface area contributed by atoms with Gasteiger partial charge in [-0.3, -0.25) is 0 Å². The van der Waals surface area contributed by atoms with Gasteiger partial charge in [-0.25, -0.2) is 0 Å². The number of nitrogens with zero attached hydrogens (tertiary/aromatic N) is 1. The molecule has 3 heteroatoms. The van der Waals surface area contributed by atoms with Gasteiger partial charge in [-0.2, -0.15) is 0 Å². The van der Waals surface area contributed by atoms with Gasteiger partial charge < -0.3 is 14.7 Å². The fourth-order valence-electron chi connectivity index (χ4n) is 3.24. The lowest BCUT2D eigenvalue weighted by Gasteiger charge is -2.32. The summed E-state index contributed by atoms with van der Waals surface area (Å²) in [6.07, 6.45) is 6.35. The maximum absolute atomic E-state index is 9.75. The molecular weight excluding hydrogens is 286 g/mol. The molecule has 23 heavy (non-hydrogen) atoms. The molecule has 0 saturated carbocycles. The van der Waals surface area contributed by atoms with Crippen molar-refractivity contribution in [3.05, 3.63) is 54.1 Å². The number of hydrogen-bond donors (Lipinski definition) is 1. The minimum absolute atomic E-state index is 0.164. The molecule has 1 aliphatic heterocycles. The van der Waals surface area contributed by atoms with Crippen molar-refractivity contribution in [2.45, 2.75) is 38.1 Å². The number of aromatic hydroxyl groups is 1. The van der Waals surface area contributed by atoms with Gasteiger partial charge in [-0.15, -0.1) is 0 Å². The van der Waals surface area contributed by atoms with Crippen molar-refractivity contribution in [1.29, 1.82) is 0 Å². The lowest BCUT2D eigenvalue weighted by molar-refractivity contribution is 0.176. The molecule has 0 bridgehead atoms. The predicted octanol–water partition coefficient (Wildman–Crippen LogP) is 4.60. The Morgan fingerprint density at radius 1 is 1.09 bits per heavy atom. The Balaban J connectivity index is 1.56. The van der Waals surface area contributed by atoms with E-state index in [-0.39, 0.29) is 5.75 Å². The summed E-state index contributed by atoms with van der Waals surface area (Å²) in [5, 5.41) is 9.75. The number of rotatable bonds is 5. The summed E-state index contributed by atoms with van der Waals surface area (Å²) < 4.78 is 5.72. The van der Waals surface area contributed by atoms with Crippen molar-refractivity contribution < 1.29 is 9.84 Å². The summed E-state index contributed by atoms with van der Waals surface area (Å²) in [7, 11) is 2.24. The zero-order chi connectivity index (χ0) is 16.1. The summed E-state index contributed by atoms with van der Waals surface area (Å²) in [5.41, 5.74) is 1.34. The van der Waals surface area contributed by atoms with Crippen LogP contribution in [-0.2, 0) is 6.42 Å². The Labute approximate surface area is 138 Å². The molecule has 1 aliphatic rings. The molecule has 1 fully saturated rings. The Bertz CT molecular complexity index is 624. The monoisotopic (exact) mass is 311 g/mol. The maximum Gasteiger partial charge on any atom is 0.169 e. The zero-order valence-electron chi connectivity index (χ0n) is 13.7. The van der Waals surface area contributed by atoms with Gasteiger partial charge in [0.25, 0.3) is 0 Å². The summed E-state index contributed by atoms with van der Waals surface area (Å²) in [4.78, 5) is 2.50. The van der Waals surface area contributed by atoms with Crippen molar-refractivity contribution in [3.8, 4) is 17.2 Å². The van der Waals surface area contributed by atoms with Gasteiger partial charge in [0.05, 0.1) is 0 Å². The number of para-hydroxylation sites is 2. The van der Waals surface area contributed by atoms with Crippen LogP contribution in [0.4, 0.5) is 0 Å². The van der Waals surface area contributed by atoms with Crippen LogP contribution in [0.3, 0.4) is 0 Å². The molecule has 3 rings (SSSR count). The van der Waals surface area contributed by atoms with Crippen LogP contribution in [0.5, 0.6) is 17.2 Å². The first kappa shape index (κ1) is 15.9. The first-order valence-corrected chi connectivity index (χ1v) is 8.47. The molecule has 0 spiro atoms. The molecule has 2 aromatic rings. The van der Waals surface area contributed by atoms with Gasteiger partial charge in [0.15, 0.2) is 11.5 Å². The van der Waals surface area contributed by atoms with Crippen LogP contribution in [0.25, 0.3) is 0 Å². The van der Waals surface area contributed by atoms with E-state index in [1.165, 1.54) is 37.8 Å². The smallest absolute Gasteiger partial charge is 0.169 e. The lowest BCUT2D eigenvalue weighted by atomic mass is 9.96. The van der Waals surface area contributed by atoms with Crippen LogP contribution in [0.1, 0.15) is 31.2 Å². The summed E-state index contributed by atoms with van der Waals surface area (Å²) >= 11 is 0. The Morgan fingerprint density at radius 2 is 1.87 bits per heavy atom. The van der Waals surface area contributed by atoms with Crippen LogP contribution < -0.4 is 4.74 Å². The number of ether oxygens (including phenoxy) is 1. The van der Waals surface area contributed by atoms with E-state index in [2.05, 4.69) is 24.1 Å². The largest absolute Gasteiger partial charge is 0.504 e. The lowest BCUT2D eigenvalue weighted by Crippen LogP contribution is -2.36. The van der Waals surface area contributed by atoms with E-state index in [1.807, 2.05) is 18.2 Å². The molecule has 1 unspecified atom stereocenters. The first-order chi connectivity index (χ1) is 11.2. The molecule has 1 saturated heterocycles. The van der Waals surface area contributed by atoms with Crippen molar-refractivity contribution in [3.63, 3.8) is 0 Å². The van der Waals surface area contributed by atoms with Crippen molar-refractivity contribution in [2.75, 3.05) is 13.6 Å². The molecule has 1 N–H and O–H groups in total. The number of benzene rings is 2. The van der Waals surface area contributed by atoms with Crippen LogP contribution in [0.2, 0.25) is 0 Å². The predicted molar refractivity (Wildman–Crippen MR) is 93.2 cm³/mol. The van der Waals surface area contributed by atoms with Crippen LogP contribution in [-0.4, -0.2) is 29.6 Å². The number of phenols is 1. The van der Waals surface area contributed by atoms with Crippen LogP contribution in [0.15, 0.2) is 48.5 Å². The molecule has 0 aliphatic carbocycles. The van der Waals surface area contributed by atoms with Crippen LogP contribution in [0, 0.1) is 0 Å². The topological polar surface area (TPSA) is 32.7 Å². The van der Waals surface area contributed by atoms with Gasteiger partial charge in [-0.05, 0) is 69.1 Å². The second-order valence-electron chi connectivity index (χ2n) is 6.38. The summed E-state index contributed by atoms with van der Waals surface area (Å²) in [6.45, 7) is 1.23. The number of piperidine rings is 1. The van der Waals surface area contributed by atoms with Gasteiger partial charge in [-0.1, -0.05) is 30.7 Å². The second-order valence-corrected chi connectivity index (χ2v) is 6.38. The maximum atomic E-state index is 9.75. The number of likely N-dealkylation sites (tertiary alicyclic amines) is 1. The van der Waals surface area contributed by atoms with E-state index >= 15 is 0 Å². The molecule has 1 atom stereocenters. The highest BCUT2D eigenvalue weighted by atomic mass is 16.5. The average molecular weight is 311 g/mol. The molecule has 1 heterocycles. The van der Waals surface area contributed by atoms with Gasteiger partial charge in [0.1, 0.15) is 5.75 Å².